The third kappa shape index (κ3) is 4.71. The zero-order valence-electron chi connectivity index (χ0n) is 15.3. The van der Waals surface area contributed by atoms with Crippen molar-refractivity contribution in [2.75, 3.05) is 17.7 Å². The van der Waals surface area contributed by atoms with Gasteiger partial charge in [-0.3, -0.25) is 4.79 Å². The Morgan fingerprint density at radius 3 is 2.57 bits per heavy atom. The molecule has 0 unspecified atom stereocenters. The van der Waals surface area contributed by atoms with Crippen molar-refractivity contribution in [3.8, 4) is 0 Å². The normalized spacial score (nSPS) is 16.5. The standard InChI is InChI=1S/C19H19BrCl2N2O3S/c1-12-7-14-9-15(20)4-6-18(14)24(12)19(25)11-23(28(2,26)27)10-13-3-5-16(21)17(22)8-13/h3-6,8-9,12H,7,10-11H2,1-2H3/t12-/m0/s1. The zero-order valence-corrected chi connectivity index (χ0v) is 19.2. The number of sulfonamides is 1. The summed E-state index contributed by atoms with van der Waals surface area (Å²) in [6, 6.07) is 10.6. The zero-order chi connectivity index (χ0) is 20.6. The average Bonchev–Trinajstić information content (AvgIpc) is 2.91. The summed E-state index contributed by atoms with van der Waals surface area (Å²) < 4.78 is 26.7. The van der Waals surface area contributed by atoms with Crippen LogP contribution in [0.1, 0.15) is 18.1 Å². The Balaban J connectivity index is 1.84. The van der Waals surface area contributed by atoms with Crippen molar-refractivity contribution < 1.29 is 13.2 Å². The maximum atomic E-state index is 13.0. The highest BCUT2D eigenvalue weighted by atomic mass is 79.9. The molecule has 2 aromatic carbocycles. The van der Waals surface area contributed by atoms with Gasteiger partial charge in [-0.05, 0) is 54.8 Å². The Hall–Kier alpha value is -1.12. The van der Waals surface area contributed by atoms with E-state index in [2.05, 4.69) is 15.9 Å². The second-order valence-electron chi connectivity index (χ2n) is 6.87. The number of carbonyl (C=O) groups excluding carboxylic acids is 1. The first-order valence-electron chi connectivity index (χ1n) is 8.56. The van der Waals surface area contributed by atoms with Gasteiger partial charge in [0.25, 0.3) is 0 Å². The number of hydrogen-bond donors (Lipinski definition) is 0. The smallest absolute Gasteiger partial charge is 0.242 e. The van der Waals surface area contributed by atoms with Crippen LogP contribution in [0.5, 0.6) is 0 Å². The molecule has 2 aromatic rings. The van der Waals surface area contributed by atoms with Crippen LogP contribution in [0, 0.1) is 0 Å². The lowest BCUT2D eigenvalue weighted by molar-refractivity contribution is -0.119. The summed E-state index contributed by atoms with van der Waals surface area (Å²) >= 11 is 15.4. The first-order chi connectivity index (χ1) is 13.1. The fourth-order valence-electron chi connectivity index (χ4n) is 3.34. The molecule has 1 aliphatic heterocycles. The number of nitrogens with zero attached hydrogens (tertiary/aromatic N) is 2. The molecule has 3 rings (SSSR count). The van der Waals surface area contributed by atoms with Crippen LogP contribution in [0.4, 0.5) is 5.69 Å². The Kier molecular flexibility index (Phi) is 6.41. The summed E-state index contributed by atoms with van der Waals surface area (Å²) in [5, 5.41) is 0.729. The number of rotatable bonds is 5. The molecule has 0 fully saturated rings. The minimum absolute atomic E-state index is 0.0386. The van der Waals surface area contributed by atoms with Gasteiger partial charge in [0.1, 0.15) is 0 Å². The Labute approximate surface area is 183 Å². The molecule has 0 aromatic heterocycles. The van der Waals surface area contributed by atoms with Crippen LogP contribution >= 0.6 is 39.1 Å². The quantitative estimate of drug-likeness (QED) is 0.601. The Morgan fingerprint density at radius 1 is 1.21 bits per heavy atom. The van der Waals surface area contributed by atoms with Gasteiger partial charge in [-0.25, -0.2) is 8.42 Å². The molecule has 0 saturated carbocycles. The van der Waals surface area contributed by atoms with E-state index in [0.29, 0.717) is 15.6 Å². The van der Waals surface area contributed by atoms with Gasteiger partial charge in [-0.1, -0.05) is 45.2 Å². The lowest BCUT2D eigenvalue weighted by Gasteiger charge is -2.27. The SMILES string of the molecule is C[C@H]1Cc2cc(Br)ccc2N1C(=O)CN(Cc1ccc(Cl)c(Cl)c1)S(C)(=O)=O. The minimum atomic E-state index is -3.61. The van der Waals surface area contributed by atoms with E-state index in [1.807, 2.05) is 25.1 Å². The van der Waals surface area contributed by atoms with Gasteiger partial charge in [-0.2, -0.15) is 4.31 Å². The molecule has 0 radical (unpaired) electrons. The van der Waals surface area contributed by atoms with Gasteiger partial charge in [0.05, 0.1) is 22.8 Å². The molecule has 9 heteroatoms. The number of anilines is 1. The summed E-state index contributed by atoms with van der Waals surface area (Å²) in [6.07, 6.45) is 1.82. The van der Waals surface area contributed by atoms with Gasteiger partial charge in [0, 0.05) is 22.7 Å². The summed E-state index contributed by atoms with van der Waals surface area (Å²) in [5.41, 5.74) is 2.54. The third-order valence-electron chi connectivity index (χ3n) is 4.65. The van der Waals surface area contributed by atoms with Crippen molar-refractivity contribution in [1.82, 2.24) is 4.31 Å². The molecule has 1 atom stereocenters. The van der Waals surface area contributed by atoms with Gasteiger partial charge in [0.15, 0.2) is 0 Å². The van der Waals surface area contributed by atoms with Gasteiger partial charge in [-0.15, -0.1) is 0 Å². The van der Waals surface area contributed by atoms with Gasteiger partial charge >= 0.3 is 0 Å². The van der Waals surface area contributed by atoms with Crippen LogP contribution in [-0.2, 0) is 27.8 Å². The molecule has 0 saturated heterocycles. The fourth-order valence-corrected chi connectivity index (χ4v) is 4.80. The molecule has 0 N–H and O–H groups in total. The number of amides is 1. The van der Waals surface area contributed by atoms with E-state index in [-0.39, 0.29) is 25.0 Å². The number of fused-ring (bicyclic) bond motifs is 1. The predicted octanol–water partition coefficient (Wildman–Crippen LogP) is 4.50. The summed E-state index contributed by atoms with van der Waals surface area (Å²) in [6.45, 7) is 1.74. The van der Waals surface area contributed by atoms with Gasteiger partial charge < -0.3 is 4.90 Å². The topological polar surface area (TPSA) is 57.7 Å². The van der Waals surface area contributed by atoms with E-state index in [4.69, 9.17) is 23.2 Å². The number of carbonyl (C=O) groups is 1. The van der Waals surface area contributed by atoms with Crippen LogP contribution in [-0.4, -0.2) is 37.5 Å². The van der Waals surface area contributed by atoms with Crippen LogP contribution in [0.2, 0.25) is 10.0 Å². The highest BCUT2D eigenvalue weighted by Gasteiger charge is 2.33. The van der Waals surface area contributed by atoms with E-state index >= 15 is 0 Å². The lowest BCUT2D eigenvalue weighted by Crippen LogP contribution is -2.44. The molecule has 1 heterocycles. The fraction of sp³-hybridized carbons (Fsp3) is 0.316. The van der Waals surface area contributed by atoms with Crippen molar-refractivity contribution >= 4 is 60.7 Å². The summed E-state index contributed by atoms with van der Waals surface area (Å²) in [4.78, 5) is 14.7. The van der Waals surface area contributed by atoms with E-state index in [1.165, 1.54) is 0 Å². The molecular weight excluding hydrogens is 487 g/mol. The second-order valence-corrected chi connectivity index (χ2v) is 10.6. The second kappa shape index (κ2) is 8.32. The van der Waals surface area contributed by atoms with Crippen LogP contribution in [0.3, 0.4) is 0 Å². The molecule has 1 aliphatic rings. The summed E-state index contributed by atoms with van der Waals surface area (Å²) in [7, 11) is -3.61. The largest absolute Gasteiger partial charge is 0.308 e. The van der Waals surface area contributed by atoms with E-state index in [9.17, 15) is 13.2 Å². The predicted molar refractivity (Wildman–Crippen MR) is 117 cm³/mol. The third-order valence-corrected chi connectivity index (χ3v) is 7.08. The molecule has 28 heavy (non-hydrogen) atoms. The molecule has 5 nitrogen and oxygen atoms in total. The van der Waals surface area contributed by atoms with Crippen molar-refractivity contribution in [2.24, 2.45) is 0 Å². The molecule has 1 amide bonds. The van der Waals surface area contributed by atoms with Crippen LogP contribution in [0.15, 0.2) is 40.9 Å². The highest BCUT2D eigenvalue weighted by molar-refractivity contribution is 9.10. The summed E-state index contributed by atoms with van der Waals surface area (Å²) in [5.74, 6) is -0.265. The Morgan fingerprint density at radius 2 is 1.93 bits per heavy atom. The number of halogens is 3. The maximum Gasteiger partial charge on any atom is 0.242 e. The van der Waals surface area contributed by atoms with E-state index in [1.54, 1.807) is 23.1 Å². The minimum Gasteiger partial charge on any atom is -0.308 e. The first-order valence-corrected chi connectivity index (χ1v) is 12.0. The number of benzene rings is 2. The monoisotopic (exact) mass is 504 g/mol. The molecule has 150 valence electrons. The van der Waals surface area contributed by atoms with Crippen molar-refractivity contribution in [1.29, 1.82) is 0 Å². The molecule has 0 aliphatic carbocycles. The van der Waals surface area contributed by atoms with E-state index < -0.39 is 10.0 Å². The maximum absolute atomic E-state index is 13.0. The van der Waals surface area contributed by atoms with Crippen molar-refractivity contribution in [3.63, 3.8) is 0 Å². The van der Waals surface area contributed by atoms with Crippen LogP contribution in [0.25, 0.3) is 0 Å². The highest BCUT2D eigenvalue weighted by Crippen LogP contribution is 2.34. The molecule has 0 bridgehead atoms. The first kappa shape index (κ1) is 21.6. The number of hydrogen-bond acceptors (Lipinski definition) is 3. The van der Waals surface area contributed by atoms with Crippen molar-refractivity contribution in [3.05, 3.63) is 62.0 Å². The van der Waals surface area contributed by atoms with Gasteiger partial charge in [0.2, 0.25) is 15.9 Å². The van der Waals surface area contributed by atoms with Crippen molar-refractivity contribution in [2.45, 2.75) is 25.9 Å². The average molecular weight is 506 g/mol. The molecule has 0 spiro atoms. The molecular formula is C19H19BrCl2N2O3S. The van der Waals surface area contributed by atoms with Crippen LogP contribution < -0.4 is 4.90 Å². The van der Waals surface area contributed by atoms with E-state index in [0.717, 1.165) is 32.7 Å². The lowest BCUT2D eigenvalue weighted by atomic mass is 10.1. The Bertz CT molecular complexity index is 1030.